The number of para-hydroxylation sites is 1. The predicted molar refractivity (Wildman–Crippen MR) is 143 cm³/mol. The smallest absolute Gasteiger partial charge is 0.416 e. The maximum Gasteiger partial charge on any atom is 0.416 e. The summed E-state index contributed by atoms with van der Waals surface area (Å²) in [6.45, 7) is 1.64. The number of benzene rings is 3. The molecule has 1 amide bonds. The number of nitrogens with one attached hydrogen (secondary N) is 1. The highest BCUT2D eigenvalue weighted by atomic mass is 19.4. The minimum Gasteiger partial charge on any atom is -0.493 e. The van der Waals surface area contributed by atoms with Gasteiger partial charge >= 0.3 is 12.4 Å². The van der Waals surface area contributed by atoms with Crippen molar-refractivity contribution in [3.05, 3.63) is 89.1 Å². The largest absolute Gasteiger partial charge is 0.493 e. The van der Waals surface area contributed by atoms with Gasteiger partial charge in [0.25, 0.3) is 5.91 Å². The van der Waals surface area contributed by atoms with Crippen LogP contribution in [0, 0.1) is 0 Å². The third-order valence-corrected chi connectivity index (χ3v) is 6.61. The molecule has 0 fully saturated rings. The number of amides is 1. The van der Waals surface area contributed by atoms with Crippen LogP contribution in [-0.2, 0) is 25.8 Å². The van der Waals surface area contributed by atoms with E-state index in [1.807, 2.05) is 49.0 Å². The van der Waals surface area contributed by atoms with Crippen LogP contribution in [0.2, 0.25) is 0 Å². The number of halogens is 6. The normalized spacial score (nSPS) is 12.9. The van der Waals surface area contributed by atoms with E-state index in [0.29, 0.717) is 18.6 Å². The molecule has 0 saturated heterocycles. The highest BCUT2D eigenvalue weighted by Gasteiger charge is 2.37. The summed E-state index contributed by atoms with van der Waals surface area (Å²) in [5.74, 6) is -0.585. The monoisotopic (exact) mass is 578 g/mol. The second-order valence-corrected chi connectivity index (χ2v) is 9.69. The summed E-state index contributed by atoms with van der Waals surface area (Å²) >= 11 is 0. The van der Waals surface area contributed by atoms with Gasteiger partial charge in [-0.25, -0.2) is 0 Å². The molecule has 2 N–H and O–H groups in total. The molecule has 0 radical (unpaired) electrons. The Morgan fingerprint density at radius 1 is 0.951 bits per heavy atom. The molecule has 5 nitrogen and oxygen atoms in total. The van der Waals surface area contributed by atoms with E-state index >= 15 is 0 Å². The Bertz CT molecular complexity index is 1510. The lowest BCUT2D eigenvalue weighted by molar-refractivity contribution is -0.143. The molecule has 1 atom stereocenters. The molecule has 4 rings (SSSR count). The molecule has 41 heavy (non-hydrogen) atoms. The fourth-order valence-electron chi connectivity index (χ4n) is 4.62. The average molecular weight is 579 g/mol. The molecule has 218 valence electrons. The van der Waals surface area contributed by atoms with Crippen LogP contribution in [0.15, 0.2) is 66.9 Å². The zero-order valence-corrected chi connectivity index (χ0v) is 22.2. The van der Waals surface area contributed by atoms with E-state index in [4.69, 9.17) is 4.74 Å². The number of hydrogen-bond donors (Lipinski definition) is 2. The van der Waals surface area contributed by atoms with Crippen LogP contribution in [0.25, 0.3) is 22.0 Å². The Labute approximate surface area is 232 Å². The van der Waals surface area contributed by atoms with Crippen LogP contribution < -0.4 is 10.1 Å². The van der Waals surface area contributed by atoms with Crippen LogP contribution >= 0.6 is 0 Å². The molecule has 0 bridgehead atoms. The summed E-state index contributed by atoms with van der Waals surface area (Å²) in [6, 6.07) is 12.0. The number of aromatic nitrogens is 1. The number of aliphatic hydroxyl groups excluding tert-OH is 1. The molecule has 0 aliphatic rings. The quantitative estimate of drug-likeness (QED) is 0.210. The van der Waals surface area contributed by atoms with Crippen LogP contribution in [0.1, 0.15) is 40.4 Å². The van der Waals surface area contributed by atoms with Crippen LogP contribution in [0.5, 0.6) is 5.75 Å². The van der Waals surface area contributed by atoms with Crippen LogP contribution in [0.4, 0.5) is 26.3 Å². The van der Waals surface area contributed by atoms with Crippen molar-refractivity contribution in [2.75, 3.05) is 13.2 Å². The first-order chi connectivity index (χ1) is 19.3. The first-order valence-corrected chi connectivity index (χ1v) is 12.8. The third-order valence-electron chi connectivity index (χ3n) is 6.61. The lowest BCUT2D eigenvalue weighted by atomic mass is 9.97. The van der Waals surface area contributed by atoms with Crippen molar-refractivity contribution in [2.45, 2.75) is 38.2 Å². The van der Waals surface area contributed by atoms with E-state index in [-0.39, 0.29) is 41.5 Å². The summed E-state index contributed by atoms with van der Waals surface area (Å²) in [4.78, 5) is 13.4. The maximum atomic E-state index is 13.4. The number of aryl methyl sites for hydroxylation is 1. The van der Waals surface area contributed by atoms with Gasteiger partial charge in [0.15, 0.2) is 0 Å². The second-order valence-electron chi connectivity index (χ2n) is 9.69. The minimum absolute atomic E-state index is 0.0369. The van der Waals surface area contributed by atoms with E-state index in [2.05, 4.69) is 5.32 Å². The van der Waals surface area contributed by atoms with Gasteiger partial charge in [-0.1, -0.05) is 31.2 Å². The molecular weight excluding hydrogens is 550 g/mol. The van der Waals surface area contributed by atoms with Gasteiger partial charge < -0.3 is 19.7 Å². The zero-order chi connectivity index (χ0) is 29.9. The minimum atomic E-state index is -5.02. The zero-order valence-electron chi connectivity index (χ0n) is 22.2. The van der Waals surface area contributed by atoms with E-state index in [1.165, 1.54) is 18.2 Å². The number of ether oxygens (including phenoxy) is 1. The van der Waals surface area contributed by atoms with Gasteiger partial charge in [0.05, 0.1) is 35.9 Å². The van der Waals surface area contributed by atoms with E-state index in [1.54, 1.807) is 0 Å². The first-order valence-electron chi connectivity index (χ1n) is 12.8. The Morgan fingerprint density at radius 3 is 2.22 bits per heavy atom. The molecule has 3 aromatic carbocycles. The maximum absolute atomic E-state index is 13.4. The van der Waals surface area contributed by atoms with Gasteiger partial charge in [0.2, 0.25) is 0 Å². The van der Waals surface area contributed by atoms with Crippen molar-refractivity contribution in [1.82, 2.24) is 9.88 Å². The fraction of sp³-hybridized carbons (Fsp3) is 0.300. The standard InChI is InChI=1S/C30H28F6N2O3/c1-3-10-41-27-9-8-18(19-11-21(29(31,32)33)15-22(12-19)30(34,35)36)14-25(27)28(40)37-23(17-39)13-20-16-38(2)26-7-5-4-6-24(20)26/h4-9,11-12,14-16,23,39H,3,10,13,17H2,1-2H3,(H,37,40)/t23-/m1/s1. The molecule has 0 aliphatic carbocycles. The van der Waals surface area contributed by atoms with Crippen LogP contribution in [0.3, 0.4) is 0 Å². The second kappa shape index (κ2) is 11.9. The summed E-state index contributed by atoms with van der Waals surface area (Å²) < 4.78 is 88.3. The highest BCUT2D eigenvalue weighted by Crippen LogP contribution is 2.39. The van der Waals surface area contributed by atoms with Gasteiger partial charge in [0, 0.05) is 24.1 Å². The van der Waals surface area contributed by atoms with Gasteiger partial charge in [-0.2, -0.15) is 26.3 Å². The summed E-state index contributed by atoms with van der Waals surface area (Å²) in [6.07, 6.45) is -7.28. The number of carbonyl (C=O) groups is 1. The van der Waals surface area contributed by atoms with Crippen LogP contribution in [-0.4, -0.2) is 34.8 Å². The number of carbonyl (C=O) groups excluding carboxylic acids is 1. The first kappa shape index (κ1) is 30.0. The van der Waals surface area contributed by atoms with Crippen molar-refractivity contribution < 1.29 is 41.0 Å². The number of hydrogen-bond acceptors (Lipinski definition) is 3. The number of aliphatic hydroxyl groups is 1. The van der Waals surface area contributed by atoms with Crippen molar-refractivity contribution >= 4 is 16.8 Å². The fourth-order valence-corrected chi connectivity index (χ4v) is 4.62. The number of nitrogens with zero attached hydrogens (tertiary/aromatic N) is 1. The van der Waals surface area contributed by atoms with E-state index in [0.717, 1.165) is 16.5 Å². The molecule has 1 aromatic heterocycles. The number of fused-ring (bicyclic) bond motifs is 1. The molecule has 1 heterocycles. The Morgan fingerprint density at radius 2 is 1.61 bits per heavy atom. The third kappa shape index (κ3) is 6.84. The molecule has 0 spiro atoms. The van der Waals surface area contributed by atoms with Gasteiger partial charge in [0.1, 0.15) is 5.75 Å². The molecule has 11 heteroatoms. The molecule has 0 aliphatic heterocycles. The van der Waals surface area contributed by atoms with Crippen molar-refractivity contribution in [3.63, 3.8) is 0 Å². The van der Waals surface area contributed by atoms with Gasteiger partial charge in [-0.15, -0.1) is 0 Å². The Balaban J connectivity index is 1.70. The average Bonchev–Trinajstić information content (AvgIpc) is 3.25. The van der Waals surface area contributed by atoms with E-state index < -0.39 is 42.0 Å². The lowest BCUT2D eigenvalue weighted by Crippen LogP contribution is -2.39. The summed E-state index contributed by atoms with van der Waals surface area (Å²) in [5.41, 5.74) is -1.57. The highest BCUT2D eigenvalue weighted by molar-refractivity contribution is 5.98. The summed E-state index contributed by atoms with van der Waals surface area (Å²) in [5, 5.41) is 13.7. The summed E-state index contributed by atoms with van der Waals surface area (Å²) in [7, 11) is 1.87. The lowest BCUT2D eigenvalue weighted by Gasteiger charge is -2.19. The number of rotatable bonds is 9. The molecule has 0 saturated carbocycles. The topological polar surface area (TPSA) is 63.5 Å². The van der Waals surface area contributed by atoms with Crippen molar-refractivity contribution in [3.8, 4) is 16.9 Å². The predicted octanol–water partition coefficient (Wildman–Crippen LogP) is 7.01. The van der Waals surface area contributed by atoms with Crippen molar-refractivity contribution in [1.29, 1.82) is 0 Å². The molecular formula is C30H28F6N2O3. The SMILES string of the molecule is CCCOc1ccc(-c2cc(C(F)(F)F)cc(C(F)(F)F)c2)cc1C(=O)N[C@@H](CO)Cc1cn(C)c2ccccc12. The molecule has 0 unspecified atom stereocenters. The van der Waals surface area contributed by atoms with Gasteiger partial charge in [-0.3, -0.25) is 4.79 Å². The van der Waals surface area contributed by atoms with E-state index in [9.17, 15) is 36.2 Å². The Hall–Kier alpha value is -3.99. The number of alkyl halides is 6. The van der Waals surface area contributed by atoms with Crippen molar-refractivity contribution in [2.24, 2.45) is 7.05 Å². The molecule has 4 aromatic rings. The Kier molecular flexibility index (Phi) is 8.67. The van der Waals surface area contributed by atoms with Gasteiger partial charge in [-0.05, 0) is 65.9 Å².